The zero-order valence-corrected chi connectivity index (χ0v) is 11.3. The molecule has 96 valence electrons. The Labute approximate surface area is 105 Å². The quantitative estimate of drug-likeness (QED) is 0.693. The van der Waals surface area contributed by atoms with Crippen molar-refractivity contribution < 1.29 is 4.74 Å². The Bertz CT molecular complexity index is 290. The first-order valence-corrected chi connectivity index (χ1v) is 6.76. The number of benzene rings is 1. The molecule has 0 spiro atoms. The van der Waals surface area contributed by atoms with Gasteiger partial charge in [0.2, 0.25) is 0 Å². The summed E-state index contributed by atoms with van der Waals surface area (Å²) in [5, 5.41) is 3.39. The summed E-state index contributed by atoms with van der Waals surface area (Å²) in [5.74, 6) is 0.984. The molecule has 1 aromatic rings. The van der Waals surface area contributed by atoms with Gasteiger partial charge in [0.05, 0.1) is 6.10 Å². The van der Waals surface area contributed by atoms with E-state index in [0.717, 1.165) is 31.7 Å². The maximum absolute atomic E-state index is 5.87. The Morgan fingerprint density at radius 1 is 1.06 bits per heavy atom. The third kappa shape index (κ3) is 5.22. The van der Waals surface area contributed by atoms with Gasteiger partial charge in [0.25, 0.3) is 0 Å². The Kier molecular flexibility index (Phi) is 6.71. The molecule has 0 aliphatic rings. The maximum Gasteiger partial charge on any atom is 0.119 e. The van der Waals surface area contributed by atoms with Crippen LogP contribution in [0.4, 0.5) is 0 Å². The van der Waals surface area contributed by atoms with Gasteiger partial charge in [0.15, 0.2) is 0 Å². The van der Waals surface area contributed by atoms with Crippen LogP contribution in [-0.4, -0.2) is 12.6 Å². The van der Waals surface area contributed by atoms with E-state index in [0.29, 0.717) is 6.10 Å². The lowest BCUT2D eigenvalue weighted by molar-refractivity contribution is 0.193. The summed E-state index contributed by atoms with van der Waals surface area (Å²) in [5.41, 5.74) is 1.32. The van der Waals surface area contributed by atoms with Crippen LogP contribution in [0, 0.1) is 0 Å². The summed E-state index contributed by atoms with van der Waals surface area (Å²) in [6.45, 7) is 8.53. The fraction of sp³-hybridized carbons (Fsp3) is 0.600. The van der Waals surface area contributed by atoms with Crippen molar-refractivity contribution in [2.24, 2.45) is 0 Å². The third-order valence-corrected chi connectivity index (χ3v) is 2.89. The second kappa shape index (κ2) is 8.13. The van der Waals surface area contributed by atoms with Gasteiger partial charge in [-0.2, -0.15) is 0 Å². The van der Waals surface area contributed by atoms with Crippen LogP contribution in [0.5, 0.6) is 5.75 Å². The lowest BCUT2D eigenvalue weighted by Crippen LogP contribution is -2.14. The fourth-order valence-electron chi connectivity index (χ4n) is 1.74. The summed E-state index contributed by atoms with van der Waals surface area (Å²) < 4.78 is 5.87. The molecule has 0 saturated heterocycles. The average Bonchev–Trinajstić information content (AvgIpc) is 2.38. The topological polar surface area (TPSA) is 21.3 Å². The molecule has 1 rings (SSSR count). The van der Waals surface area contributed by atoms with Gasteiger partial charge < -0.3 is 10.1 Å². The molecular weight excluding hydrogens is 210 g/mol. The maximum atomic E-state index is 5.87. The van der Waals surface area contributed by atoms with Crippen molar-refractivity contribution in [1.82, 2.24) is 5.32 Å². The normalized spacial score (nSPS) is 10.8. The van der Waals surface area contributed by atoms with Crippen molar-refractivity contribution in [3.63, 3.8) is 0 Å². The lowest BCUT2D eigenvalue weighted by Gasteiger charge is -2.15. The van der Waals surface area contributed by atoms with Gasteiger partial charge >= 0.3 is 0 Å². The molecule has 0 aliphatic heterocycles. The molecule has 0 heterocycles. The molecule has 0 aliphatic carbocycles. The van der Waals surface area contributed by atoms with Gasteiger partial charge in [0, 0.05) is 6.54 Å². The highest BCUT2D eigenvalue weighted by atomic mass is 16.5. The molecule has 0 aromatic heterocycles. The first kappa shape index (κ1) is 14.0. The monoisotopic (exact) mass is 235 g/mol. The number of nitrogens with one attached hydrogen (secondary N) is 1. The first-order valence-electron chi connectivity index (χ1n) is 6.76. The molecule has 0 atom stereocenters. The molecule has 17 heavy (non-hydrogen) atoms. The minimum absolute atomic E-state index is 0.346. The molecule has 2 heteroatoms. The van der Waals surface area contributed by atoms with Crippen LogP contribution in [0.3, 0.4) is 0 Å². The number of hydrogen-bond acceptors (Lipinski definition) is 2. The zero-order chi connectivity index (χ0) is 12.5. The molecule has 2 nitrogen and oxygen atoms in total. The van der Waals surface area contributed by atoms with Crippen molar-refractivity contribution in [3.05, 3.63) is 29.8 Å². The van der Waals surface area contributed by atoms with E-state index in [-0.39, 0.29) is 0 Å². The van der Waals surface area contributed by atoms with Gasteiger partial charge in [0.1, 0.15) is 5.75 Å². The average molecular weight is 235 g/mol. The van der Waals surface area contributed by atoms with E-state index >= 15 is 0 Å². The highest BCUT2D eigenvalue weighted by Gasteiger charge is 2.04. The van der Waals surface area contributed by atoms with E-state index in [1.54, 1.807) is 0 Å². The summed E-state index contributed by atoms with van der Waals surface area (Å²) in [7, 11) is 0. The zero-order valence-electron chi connectivity index (χ0n) is 11.3. The predicted molar refractivity (Wildman–Crippen MR) is 73.4 cm³/mol. The minimum Gasteiger partial charge on any atom is -0.490 e. The Balaban J connectivity index is 2.44. The standard InChI is InChI=1S/C15H25NO/c1-4-11-16-12-13-7-9-15(10-8-13)17-14(5-2)6-3/h7-10,14,16H,4-6,11-12H2,1-3H3. The molecule has 0 fully saturated rings. The number of rotatable bonds is 8. The largest absolute Gasteiger partial charge is 0.490 e. The van der Waals surface area contributed by atoms with E-state index < -0.39 is 0 Å². The summed E-state index contributed by atoms with van der Waals surface area (Å²) >= 11 is 0. The summed E-state index contributed by atoms with van der Waals surface area (Å²) in [6, 6.07) is 8.42. The molecule has 0 amide bonds. The lowest BCUT2D eigenvalue weighted by atomic mass is 10.2. The highest BCUT2D eigenvalue weighted by Crippen LogP contribution is 2.16. The Hall–Kier alpha value is -1.02. The predicted octanol–water partition coefficient (Wildman–Crippen LogP) is 3.75. The van der Waals surface area contributed by atoms with Crippen LogP contribution in [0.1, 0.15) is 45.6 Å². The van der Waals surface area contributed by atoms with Crippen molar-refractivity contribution >= 4 is 0 Å². The Morgan fingerprint density at radius 3 is 2.24 bits per heavy atom. The van der Waals surface area contributed by atoms with Crippen LogP contribution < -0.4 is 10.1 Å². The van der Waals surface area contributed by atoms with Crippen LogP contribution in [0.15, 0.2) is 24.3 Å². The molecular formula is C15H25NO. The molecule has 0 saturated carbocycles. The van der Waals surface area contributed by atoms with Gasteiger partial charge in [-0.1, -0.05) is 32.9 Å². The first-order chi connectivity index (χ1) is 8.30. The van der Waals surface area contributed by atoms with Gasteiger partial charge in [-0.3, -0.25) is 0 Å². The molecule has 0 unspecified atom stereocenters. The summed E-state index contributed by atoms with van der Waals surface area (Å²) in [4.78, 5) is 0. The minimum atomic E-state index is 0.346. The van der Waals surface area contributed by atoms with Crippen molar-refractivity contribution in [2.75, 3.05) is 6.54 Å². The van der Waals surface area contributed by atoms with E-state index in [9.17, 15) is 0 Å². The SMILES string of the molecule is CCCNCc1ccc(OC(CC)CC)cc1. The van der Waals surface area contributed by atoms with Gasteiger partial charge in [-0.25, -0.2) is 0 Å². The van der Waals surface area contributed by atoms with Crippen LogP contribution in [-0.2, 0) is 6.54 Å². The molecule has 0 radical (unpaired) electrons. The summed E-state index contributed by atoms with van der Waals surface area (Å²) in [6.07, 6.45) is 3.65. The smallest absolute Gasteiger partial charge is 0.119 e. The van der Waals surface area contributed by atoms with Crippen molar-refractivity contribution in [3.8, 4) is 5.75 Å². The van der Waals surface area contributed by atoms with Crippen molar-refractivity contribution in [1.29, 1.82) is 0 Å². The van der Waals surface area contributed by atoms with E-state index in [2.05, 4.69) is 50.4 Å². The molecule has 0 bridgehead atoms. The van der Waals surface area contributed by atoms with Crippen LogP contribution in [0.25, 0.3) is 0 Å². The number of hydrogen-bond donors (Lipinski definition) is 1. The fourth-order valence-corrected chi connectivity index (χ4v) is 1.74. The van der Waals surface area contributed by atoms with E-state index in [1.165, 1.54) is 12.0 Å². The Morgan fingerprint density at radius 2 is 1.71 bits per heavy atom. The van der Waals surface area contributed by atoms with Gasteiger partial charge in [-0.15, -0.1) is 0 Å². The number of ether oxygens (including phenoxy) is 1. The molecule has 1 aromatic carbocycles. The highest BCUT2D eigenvalue weighted by molar-refractivity contribution is 5.27. The van der Waals surface area contributed by atoms with Crippen molar-refractivity contribution in [2.45, 2.75) is 52.7 Å². The second-order valence-corrected chi connectivity index (χ2v) is 4.38. The van der Waals surface area contributed by atoms with E-state index in [1.807, 2.05) is 0 Å². The van der Waals surface area contributed by atoms with Crippen LogP contribution in [0.2, 0.25) is 0 Å². The van der Waals surface area contributed by atoms with E-state index in [4.69, 9.17) is 4.74 Å². The van der Waals surface area contributed by atoms with Gasteiger partial charge in [-0.05, 0) is 43.5 Å². The second-order valence-electron chi connectivity index (χ2n) is 4.38. The third-order valence-electron chi connectivity index (χ3n) is 2.89. The molecule has 1 N–H and O–H groups in total. The van der Waals surface area contributed by atoms with Crippen LogP contribution >= 0.6 is 0 Å².